The zero-order valence-corrected chi connectivity index (χ0v) is 14.4. The Morgan fingerprint density at radius 2 is 2.05 bits per heavy atom. The molecule has 1 nitrogen and oxygen atoms in total. The van der Waals surface area contributed by atoms with Crippen LogP contribution in [0.25, 0.3) is 11.6 Å². The Hall–Kier alpha value is -1.58. The summed E-state index contributed by atoms with van der Waals surface area (Å²) in [4.78, 5) is 4.48. The van der Waals surface area contributed by atoms with Crippen molar-refractivity contribution in [1.82, 2.24) is 4.98 Å². The second-order valence-corrected chi connectivity index (χ2v) is 6.69. The molecule has 0 bridgehead atoms. The molecular weight excluding hydrogens is 294 g/mol. The van der Waals surface area contributed by atoms with Gasteiger partial charge < -0.3 is 4.98 Å². The van der Waals surface area contributed by atoms with Crippen molar-refractivity contribution in [3.8, 4) is 0 Å². The highest BCUT2D eigenvalue weighted by Crippen LogP contribution is 2.27. The smallest absolute Gasteiger partial charge is 0.0496 e. The van der Waals surface area contributed by atoms with E-state index in [0.29, 0.717) is 0 Å². The predicted octanol–water partition coefficient (Wildman–Crippen LogP) is 6.16. The van der Waals surface area contributed by atoms with E-state index in [9.17, 15) is 0 Å². The van der Waals surface area contributed by atoms with E-state index >= 15 is 0 Å². The van der Waals surface area contributed by atoms with Crippen molar-refractivity contribution in [3.05, 3.63) is 71.5 Å². The first-order valence-corrected chi connectivity index (χ1v) is 7.91. The molecule has 0 aromatic carbocycles. The van der Waals surface area contributed by atoms with Crippen LogP contribution in [0.5, 0.6) is 0 Å². The van der Waals surface area contributed by atoms with Crippen molar-refractivity contribution in [2.24, 2.45) is 0 Å². The molecule has 0 saturated carbocycles. The lowest BCUT2D eigenvalue weighted by Gasteiger charge is -2.04. The minimum atomic E-state index is 0.886. The van der Waals surface area contributed by atoms with E-state index in [1.54, 1.807) is 17.8 Å². The van der Waals surface area contributed by atoms with Crippen LogP contribution in [0.3, 0.4) is 0 Å². The number of nitrogens with one attached hydrogen (secondary N) is 1. The fraction of sp³-hybridized carbons (Fsp3) is 0.167. The molecule has 1 rings (SSSR count). The summed E-state index contributed by atoms with van der Waals surface area (Å²) in [6.45, 7) is 13.7. The summed E-state index contributed by atoms with van der Waals surface area (Å²) in [5.74, 6) is 0. The largest absolute Gasteiger partial charge is 0.355 e. The number of thiocarbonyl (C=S) groups is 1. The molecule has 1 aromatic rings. The minimum Gasteiger partial charge on any atom is -0.355 e. The van der Waals surface area contributed by atoms with Crippen molar-refractivity contribution in [3.63, 3.8) is 0 Å². The molecule has 0 radical (unpaired) electrons. The maximum Gasteiger partial charge on any atom is 0.0496 e. The van der Waals surface area contributed by atoms with Crippen LogP contribution >= 0.6 is 24.0 Å². The average Bonchev–Trinajstić information content (AvgIpc) is 2.85. The molecule has 0 saturated heterocycles. The summed E-state index contributed by atoms with van der Waals surface area (Å²) in [6, 6.07) is 4.12. The van der Waals surface area contributed by atoms with Crippen molar-refractivity contribution in [1.29, 1.82) is 0 Å². The third kappa shape index (κ3) is 5.74. The first-order valence-electron chi connectivity index (χ1n) is 6.68. The fourth-order valence-corrected chi connectivity index (χ4v) is 2.68. The van der Waals surface area contributed by atoms with Crippen molar-refractivity contribution in [2.45, 2.75) is 20.8 Å². The molecule has 1 heterocycles. The summed E-state index contributed by atoms with van der Waals surface area (Å²) in [6.07, 6.45) is 9.91. The van der Waals surface area contributed by atoms with Gasteiger partial charge in [0.1, 0.15) is 0 Å². The lowest BCUT2D eigenvalue weighted by atomic mass is 10.1. The van der Waals surface area contributed by atoms with Crippen LogP contribution in [0.4, 0.5) is 0 Å². The van der Waals surface area contributed by atoms with Crippen LogP contribution in [0.2, 0.25) is 0 Å². The second-order valence-electron chi connectivity index (χ2n) is 4.57. The SMILES string of the molecule is C=C/C=C(\C=C/C)c1ccc(/C=C(/SC(C)=S)C(=C)C)[nH]1. The molecule has 0 amide bonds. The molecule has 1 N–H and O–H groups in total. The van der Waals surface area contributed by atoms with Crippen LogP contribution in [-0.4, -0.2) is 9.18 Å². The molecule has 0 unspecified atom stereocenters. The van der Waals surface area contributed by atoms with Gasteiger partial charge in [-0.05, 0) is 50.1 Å². The highest BCUT2D eigenvalue weighted by Gasteiger charge is 2.04. The number of thioether (sulfide) groups is 1. The third-order valence-electron chi connectivity index (χ3n) is 2.62. The first kappa shape index (κ1) is 17.5. The number of hydrogen-bond acceptors (Lipinski definition) is 2. The first-order chi connectivity index (χ1) is 9.97. The Bertz CT molecular complexity index is 627. The average molecular weight is 316 g/mol. The summed E-state index contributed by atoms with van der Waals surface area (Å²) in [5.41, 5.74) is 4.20. The van der Waals surface area contributed by atoms with Crippen LogP contribution in [0.1, 0.15) is 32.2 Å². The zero-order valence-electron chi connectivity index (χ0n) is 12.8. The van der Waals surface area contributed by atoms with E-state index in [4.69, 9.17) is 12.2 Å². The maximum atomic E-state index is 5.16. The number of allylic oxidation sites excluding steroid dienone is 6. The second kappa shape index (κ2) is 8.65. The van der Waals surface area contributed by atoms with E-state index in [2.05, 4.69) is 42.4 Å². The van der Waals surface area contributed by atoms with Gasteiger partial charge in [-0.15, -0.1) is 0 Å². The molecule has 110 valence electrons. The molecular formula is C18H21NS2. The number of aromatic nitrogens is 1. The van der Waals surface area contributed by atoms with E-state index in [1.807, 2.05) is 32.9 Å². The highest BCUT2D eigenvalue weighted by molar-refractivity contribution is 8.25. The molecule has 21 heavy (non-hydrogen) atoms. The molecule has 0 spiro atoms. The molecule has 0 aliphatic carbocycles. The minimum absolute atomic E-state index is 0.886. The van der Waals surface area contributed by atoms with E-state index in [0.717, 1.165) is 31.6 Å². The van der Waals surface area contributed by atoms with Gasteiger partial charge in [-0.25, -0.2) is 0 Å². The van der Waals surface area contributed by atoms with Gasteiger partial charge in [-0.1, -0.05) is 61.4 Å². The topological polar surface area (TPSA) is 15.8 Å². The zero-order chi connectivity index (χ0) is 15.8. The van der Waals surface area contributed by atoms with Crippen molar-refractivity contribution in [2.75, 3.05) is 0 Å². The lowest BCUT2D eigenvalue weighted by Crippen LogP contribution is -1.85. The van der Waals surface area contributed by atoms with Gasteiger partial charge in [0.15, 0.2) is 0 Å². The normalized spacial score (nSPS) is 12.7. The summed E-state index contributed by atoms with van der Waals surface area (Å²) < 4.78 is 0.886. The third-order valence-corrected chi connectivity index (χ3v) is 3.85. The summed E-state index contributed by atoms with van der Waals surface area (Å²) in [7, 11) is 0. The fourth-order valence-electron chi connectivity index (χ4n) is 1.74. The van der Waals surface area contributed by atoms with Gasteiger partial charge in [0, 0.05) is 20.5 Å². The number of aromatic amines is 1. The van der Waals surface area contributed by atoms with E-state index < -0.39 is 0 Å². The van der Waals surface area contributed by atoms with Crippen LogP contribution in [0.15, 0.2) is 60.1 Å². The van der Waals surface area contributed by atoms with Gasteiger partial charge in [0.25, 0.3) is 0 Å². The Morgan fingerprint density at radius 3 is 2.57 bits per heavy atom. The van der Waals surface area contributed by atoms with Gasteiger partial charge in [-0.3, -0.25) is 0 Å². The van der Waals surface area contributed by atoms with Crippen LogP contribution < -0.4 is 0 Å². The van der Waals surface area contributed by atoms with Gasteiger partial charge in [0.05, 0.1) is 0 Å². The van der Waals surface area contributed by atoms with Crippen molar-refractivity contribution < 1.29 is 0 Å². The van der Waals surface area contributed by atoms with Gasteiger partial charge in [0.2, 0.25) is 0 Å². The van der Waals surface area contributed by atoms with Crippen molar-refractivity contribution >= 4 is 39.8 Å². The Kier molecular flexibility index (Phi) is 7.20. The van der Waals surface area contributed by atoms with Gasteiger partial charge in [-0.2, -0.15) is 0 Å². The number of H-pyrrole nitrogens is 1. The highest BCUT2D eigenvalue weighted by atomic mass is 32.2. The van der Waals surface area contributed by atoms with Gasteiger partial charge >= 0.3 is 0 Å². The van der Waals surface area contributed by atoms with E-state index in [-0.39, 0.29) is 0 Å². The summed E-state index contributed by atoms with van der Waals surface area (Å²) in [5, 5.41) is 0. The standard InChI is InChI=1S/C18H21NS2/c1-6-8-15(9-7-2)17-11-10-16(19-17)12-18(13(3)4)21-14(5)20/h6-12,19H,1,3H2,2,4-5H3/b9-7-,15-8+,18-12+. The molecule has 0 fully saturated rings. The quantitative estimate of drug-likeness (QED) is 0.500. The number of hydrogen-bond donors (Lipinski definition) is 1. The molecule has 0 aliphatic rings. The molecule has 3 heteroatoms. The lowest BCUT2D eigenvalue weighted by molar-refractivity contribution is 1.32. The Balaban J connectivity index is 3.11. The van der Waals surface area contributed by atoms with E-state index in [1.165, 1.54) is 0 Å². The van der Waals surface area contributed by atoms with Crippen LogP contribution in [-0.2, 0) is 0 Å². The van der Waals surface area contributed by atoms with Crippen LogP contribution in [0, 0.1) is 0 Å². The number of rotatable bonds is 6. The predicted molar refractivity (Wildman–Crippen MR) is 102 cm³/mol. The maximum absolute atomic E-state index is 5.16. The Morgan fingerprint density at radius 1 is 1.33 bits per heavy atom. The monoisotopic (exact) mass is 315 g/mol. The molecule has 1 aromatic heterocycles. The molecule has 0 atom stereocenters. The Labute approximate surface area is 137 Å². The molecule has 0 aliphatic heterocycles. The summed E-state index contributed by atoms with van der Waals surface area (Å²) >= 11 is 6.73.